The summed E-state index contributed by atoms with van der Waals surface area (Å²) in [4.78, 5) is 4.00. The van der Waals surface area contributed by atoms with Crippen LogP contribution in [0, 0.1) is 6.92 Å². The Kier molecular flexibility index (Phi) is 4.31. The van der Waals surface area contributed by atoms with Crippen LogP contribution in [0.1, 0.15) is 16.7 Å². The van der Waals surface area contributed by atoms with Gasteiger partial charge in [0.05, 0.1) is 7.11 Å². The summed E-state index contributed by atoms with van der Waals surface area (Å²) in [7, 11) is 1.70. The molecule has 0 saturated carbocycles. The van der Waals surface area contributed by atoms with E-state index in [1.807, 2.05) is 30.6 Å². The van der Waals surface area contributed by atoms with Crippen LogP contribution in [0.5, 0.6) is 5.75 Å². The van der Waals surface area contributed by atoms with Gasteiger partial charge in [0.15, 0.2) is 0 Å². The first-order valence-corrected chi connectivity index (χ1v) is 6.03. The average molecular weight is 242 g/mol. The molecule has 3 heteroatoms. The number of nitrogens with one attached hydrogen (secondary N) is 1. The SMILES string of the molecule is COc1ccc(CNCc2ccncc2)cc1C. The van der Waals surface area contributed by atoms with Gasteiger partial charge in [0.1, 0.15) is 5.75 Å². The van der Waals surface area contributed by atoms with Gasteiger partial charge in [0.2, 0.25) is 0 Å². The molecule has 0 unspecified atom stereocenters. The molecule has 0 amide bonds. The van der Waals surface area contributed by atoms with Crippen molar-refractivity contribution < 1.29 is 4.74 Å². The van der Waals surface area contributed by atoms with Crippen molar-refractivity contribution in [2.45, 2.75) is 20.0 Å². The number of ether oxygens (including phenoxy) is 1. The van der Waals surface area contributed by atoms with Crippen LogP contribution >= 0.6 is 0 Å². The third-order valence-corrected chi connectivity index (χ3v) is 2.87. The Hall–Kier alpha value is -1.87. The van der Waals surface area contributed by atoms with Crippen molar-refractivity contribution in [2.75, 3.05) is 7.11 Å². The van der Waals surface area contributed by atoms with Crippen molar-refractivity contribution in [3.05, 3.63) is 59.4 Å². The lowest BCUT2D eigenvalue weighted by molar-refractivity contribution is 0.411. The number of aromatic nitrogens is 1. The Labute approximate surface area is 108 Å². The number of nitrogens with zero attached hydrogens (tertiary/aromatic N) is 1. The zero-order valence-corrected chi connectivity index (χ0v) is 10.8. The number of pyridine rings is 1. The fourth-order valence-corrected chi connectivity index (χ4v) is 1.90. The maximum absolute atomic E-state index is 5.25. The number of rotatable bonds is 5. The van der Waals surface area contributed by atoms with Crippen molar-refractivity contribution in [1.82, 2.24) is 10.3 Å². The highest BCUT2D eigenvalue weighted by Crippen LogP contribution is 2.18. The Balaban J connectivity index is 1.89. The van der Waals surface area contributed by atoms with E-state index in [0.717, 1.165) is 18.8 Å². The Morgan fingerprint density at radius 2 is 1.78 bits per heavy atom. The summed E-state index contributed by atoms with van der Waals surface area (Å²) in [6, 6.07) is 10.3. The summed E-state index contributed by atoms with van der Waals surface area (Å²) in [5, 5.41) is 3.41. The number of hydrogen-bond acceptors (Lipinski definition) is 3. The first-order valence-electron chi connectivity index (χ1n) is 6.03. The van der Waals surface area contributed by atoms with Crippen LogP contribution in [0.3, 0.4) is 0 Å². The molecule has 94 valence electrons. The second-order valence-corrected chi connectivity index (χ2v) is 4.26. The fourth-order valence-electron chi connectivity index (χ4n) is 1.90. The van der Waals surface area contributed by atoms with E-state index in [0.29, 0.717) is 0 Å². The minimum absolute atomic E-state index is 0.854. The summed E-state index contributed by atoms with van der Waals surface area (Å²) in [5.74, 6) is 0.938. The van der Waals surface area contributed by atoms with Crippen molar-refractivity contribution in [3.63, 3.8) is 0 Å². The topological polar surface area (TPSA) is 34.1 Å². The van der Waals surface area contributed by atoms with Gasteiger partial charge in [-0.3, -0.25) is 4.98 Å². The highest BCUT2D eigenvalue weighted by molar-refractivity contribution is 5.36. The van der Waals surface area contributed by atoms with Gasteiger partial charge in [0, 0.05) is 25.5 Å². The van der Waals surface area contributed by atoms with Gasteiger partial charge in [-0.1, -0.05) is 12.1 Å². The predicted molar refractivity (Wildman–Crippen MR) is 72.5 cm³/mol. The summed E-state index contributed by atoms with van der Waals surface area (Å²) < 4.78 is 5.25. The molecule has 0 fully saturated rings. The van der Waals surface area contributed by atoms with E-state index in [-0.39, 0.29) is 0 Å². The largest absolute Gasteiger partial charge is 0.496 e. The van der Waals surface area contributed by atoms with Crippen LogP contribution in [0.15, 0.2) is 42.7 Å². The van der Waals surface area contributed by atoms with Crippen LogP contribution in [0.4, 0.5) is 0 Å². The van der Waals surface area contributed by atoms with E-state index in [4.69, 9.17) is 4.74 Å². The van der Waals surface area contributed by atoms with Gasteiger partial charge in [-0.2, -0.15) is 0 Å². The molecular formula is C15H18N2O. The molecule has 0 radical (unpaired) electrons. The first-order chi connectivity index (χ1) is 8.79. The van der Waals surface area contributed by atoms with Crippen molar-refractivity contribution in [3.8, 4) is 5.75 Å². The molecule has 1 aromatic heterocycles. The lowest BCUT2D eigenvalue weighted by Gasteiger charge is -2.08. The van der Waals surface area contributed by atoms with Gasteiger partial charge >= 0.3 is 0 Å². The number of methoxy groups -OCH3 is 1. The molecule has 18 heavy (non-hydrogen) atoms. The first kappa shape index (κ1) is 12.6. The van der Waals surface area contributed by atoms with Gasteiger partial charge in [0.25, 0.3) is 0 Å². The standard InChI is InChI=1S/C15H18N2O/c1-12-9-14(3-4-15(12)18-2)11-17-10-13-5-7-16-8-6-13/h3-9,17H,10-11H2,1-2H3. The van der Waals surface area contributed by atoms with E-state index < -0.39 is 0 Å². The molecule has 2 rings (SSSR count). The third kappa shape index (κ3) is 3.31. The van der Waals surface area contributed by atoms with Gasteiger partial charge in [-0.15, -0.1) is 0 Å². The number of hydrogen-bond donors (Lipinski definition) is 1. The third-order valence-electron chi connectivity index (χ3n) is 2.87. The predicted octanol–water partition coefficient (Wildman–Crippen LogP) is 2.69. The normalized spacial score (nSPS) is 10.3. The second kappa shape index (κ2) is 6.17. The smallest absolute Gasteiger partial charge is 0.121 e. The summed E-state index contributed by atoms with van der Waals surface area (Å²) in [6.45, 7) is 3.77. The maximum Gasteiger partial charge on any atom is 0.121 e. The van der Waals surface area contributed by atoms with Crippen LogP contribution in [-0.2, 0) is 13.1 Å². The molecule has 1 heterocycles. The van der Waals surface area contributed by atoms with Crippen LogP contribution in [0.2, 0.25) is 0 Å². The molecule has 2 aromatic rings. The highest BCUT2D eigenvalue weighted by atomic mass is 16.5. The second-order valence-electron chi connectivity index (χ2n) is 4.26. The summed E-state index contributed by atoms with van der Waals surface area (Å²) >= 11 is 0. The zero-order valence-electron chi connectivity index (χ0n) is 10.8. The number of aryl methyl sites for hydroxylation is 1. The van der Waals surface area contributed by atoms with Crippen molar-refractivity contribution in [1.29, 1.82) is 0 Å². The zero-order chi connectivity index (χ0) is 12.8. The maximum atomic E-state index is 5.25. The lowest BCUT2D eigenvalue weighted by atomic mass is 10.1. The minimum atomic E-state index is 0.854. The van der Waals surface area contributed by atoms with Gasteiger partial charge in [-0.05, 0) is 41.8 Å². The number of benzene rings is 1. The summed E-state index contributed by atoms with van der Waals surface area (Å²) in [6.07, 6.45) is 3.63. The van der Waals surface area contributed by atoms with E-state index in [1.54, 1.807) is 7.11 Å². The Morgan fingerprint density at radius 3 is 2.44 bits per heavy atom. The molecule has 1 N–H and O–H groups in total. The van der Waals surface area contributed by atoms with Crippen molar-refractivity contribution in [2.24, 2.45) is 0 Å². The van der Waals surface area contributed by atoms with E-state index >= 15 is 0 Å². The van der Waals surface area contributed by atoms with Crippen LogP contribution in [0.25, 0.3) is 0 Å². The van der Waals surface area contributed by atoms with E-state index in [9.17, 15) is 0 Å². The van der Waals surface area contributed by atoms with E-state index in [2.05, 4.69) is 29.4 Å². The molecule has 0 atom stereocenters. The molecule has 0 bridgehead atoms. The molecule has 0 spiro atoms. The van der Waals surface area contributed by atoms with E-state index in [1.165, 1.54) is 16.7 Å². The van der Waals surface area contributed by atoms with Crippen LogP contribution in [-0.4, -0.2) is 12.1 Å². The molecule has 0 aliphatic heterocycles. The molecule has 0 aliphatic rings. The molecule has 0 saturated heterocycles. The molecule has 0 aliphatic carbocycles. The quantitative estimate of drug-likeness (QED) is 0.875. The fraction of sp³-hybridized carbons (Fsp3) is 0.267. The average Bonchev–Trinajstić information content (AvgIpc) is 2.40. The van der Waals surface area contributed by atoms with Crippen LogP contribution < -0.4 is 10.1 Å². The monoisotopic (exact) mass is 242 g/mol. The molecular weight excluding hydrogens is 224 g/mol. The van der Waals surface area contributed by atoms with Crippen molar-refractivity contribution >= 4 is 0 Å². The van der Waals surface area contributed by atoms with Gasteiger partial charge < -0.3 is 10.1 Å². The lowest BCUT2D eigenvalue weighted by Crippen LogP contribution is -2.12. The minimum Gasteiger partial charge on any atom is -0.496 e. The Bertz CT molecular complexity index is 497. The summed E-state index contributed by atoms with van der Waals surface area (Å²) in [5.41, 5.74) is 3.68. The van der Waals surface area contributed by atoms with Gasteiger partial charge in [-0.25, -0.2) is 0 Å². The highest BCUT2D eigenvalue weighted by Gasteiger charge is 1.99. The Morgan fingerprint density at radius 1 is 1.06 bits per heavy atom. The molecule has 3 nitrogen and oxygen atoms in total. The molecule has 1 aromatic carbocycles.